The number of sulfonamides is 1. The van der Waals surface area contributed by atoms with Crippen molar-refractivity contribution in [2.75, 3.05) is 25.5 Å². The van der Waals surface area contributed by atoms with Crippen LogP contribution in [0.1, 0.15) is 42.0 Å². The molecule has 0 aliphatic heterocycles. The van der Waals surface area contributed by atoms with E-state index in [0.717, 1.165) is 56.2 Å². The Morgan fingerprint density at radius 2 is 1.77 bits per heavy atom. The molecule has 6 nitrogen and oxygen atoms in total. The van der Waals surface area contributed by atoms with Gasteiger partial charge in [0.15, 0.2) is 0 Å². The number of hydrogen-bond donors (Lipinski definition) is 2. The summed E-state index contributed by atoms with van der Waals surface area (Å²) in [6.45, 7) is 3.33. The topological polar surface area (TPSA) is 78.5 Å². The number of likely N-dealkylation sites (N-methyl/N-ethyl adjacent to an activating group) is 1. The molecule has 0 bridgehead atoms. The van der Waals surface area contributed by atoms with Gasteiger partial charge in [-0.2, -0.15) is 0 Å². The lowest BCUT2D eigenvalue weighted by atomic mass is 9.99. The van der Waals surface area contributed by atoms with Gasteiger partial charge in [0.05, 0.1) is 0 Å². The summed E-state index contributed by atoms with van der Waals surface area (Å²) in [5, 5.41) is 3.89. The van der Waals surface area contributed by atoms with Crippen LogP contribution in [-0.2, 0) is 35.7 Å². The van der Waals surface area contributed by atoms with E-state index >= 15 is 0 Å². The van der Waals surface area contributed by atoms with Crippen molar-refractivity contribution in [3.05, 3.63) is 39.8 Å². The van der Waals surface area contributed by atoms with Gasteiger partial charge in [0.25, 0.3) is 10.0 Å². The van der Waals surface area contributed by atoms with Crippen LogP contribution in [0.2, 0.25) is 0 Å². The average molecular weight is 378 g/mol. The fraction of sp³-hybridized carbons (Fsp3) is 0.526. The van der Waals surface area contributed by atoms with Crippen LogP contribution >= 0.6 is 0 Å². The maximum atomic E-state index is 12.3. The van der Waals surface area contributed by atoms with Crippen molar-refractivity contribution < 1.29 is 13.2 Å². The van der Waals surface area contributed by atoms with Gasteiger partial charge in [0.2, 0.25) is 0 Å². The van der Waals surface area contributed by atoms with Gasteiger partial charge in [-0.25, -0.2) is 17.9 Å². The quantitative estimate of drug-likeness (QED) is 0.799. The largest absolute Gasteiger partial charge is 0.333 e. The van der Waals surface area contributed by atoms with E-state index in [0.29, 0.717) is 6.54 Å². The van der Waals surface area contributed by atoms with Crippen LogP contribution in [0.25, 0.3) is 0 Å². The predicted octanol–water partition coefficient (Wildman–Crippen LogP) is 2.58. The maximum absolute atomic E-state index is 12.3. The van der Waals surface area contributed by atoms with E-state index in [4.69, 9.17) is 0 Å². The third-order valence-electron chi connectivity index (χ3n) is 5.18. The van der Waals surface area contributed by atoms with Crippen molar-refractivity contribution in [3.63, 3.8) is 0 Å². The molecule has 0 aromatic heterocycles. The highest BCUT2D eigenvalue weighted by molar-refractivity contribution is 7.92. The van der Waals surface area contributed by atoms with Gasteiger partial charge in [-0.05, 0) is 74.4 Å². The van der Waals surface area contributed by atoms with Crippen LogP contribution in [0.4, 0.5) is 10.5 Å². The molecule has 0 saturated heterocycles. The number of fused-ring (bicyclic) bond motifs is 2. The molecule has 2 aliphatic rings. The van der Waals surface area contributed by atoms with Gasteiger partial charge in [-0.1, -0.05) is 19.1 Å². The summed E-state index contributed by atoms with van der Waals surface area (Å²) in [5.41, 5.74) is 5.80. The summed E-state index contributed by atoms with van der Waals surface area (Å²) in [5.74, 6) is 0. The Bertz CT molecular complexity index is 799. The zero-order valence-electron chi connectivity index (χ0n) is 15.5. The summed E-state index contributed by atoms with van der Waals surface area (Å²) < 4.78 is 26.3. The summed E-state index contributed by atoms with van der Waals surface area (Å²) >= 11 is 0. The highest BCUT2D eigenvalue weighted by Crippen LogP contribution is 2.38. The maximum Gasteiger partial charge on any atom is 0.333 e. The fourth-order valence-corrected chi connectivity index (χ4v) is 4.47. The molecule has 142 valence electrons. The lowest BCUT2D eigenvalue weighted by Gasteiger charge is -2.16. The lowest BCUT2D eigenvalue weighted by Crippen LogP contribution is -2.33. The molecular formula is C19H27N3O3S. The first-order valence-corrected chi connectivity index (χ1v) is 10.8. The van der Waals surface area contributed by atoms with Gasteiger partial charge in [0.1, 0.15) is 0 Å². The zero-order valence-corrected chi connectivity index (χ0v) is 16.3. The molecule has 0 spiro atoms. The summed E-state index contributed by atoms with van der Waals surface area (Å²) in [7, 11) is -1.91. The van der Waals surface area contributed by atoms with Crippen molar-refractivity contribution in [2.45, 2.75) is 45.4 Å². The van der Waals surface area contributed by atoms with Gasteiger partial charge >= 0.3 is 6.03 Å². The molecule has 26 heavy (non-hydrogen) atoms. The number of nitrogens with zero attached hydrogens (tertiary/aromatic N) is 1. The number of anilines is 1. The van der Waals surface area contributed by atoms with Crippen LogP contribution in [0.3, 0.4) is 0 Å². The predicted molar refractivity (Wildman–Crippen MR) is 104 cm³/mol. The zero-order chi connectivity index (χ0) is 18.7. The first-order valence-electron chi connectivity index (χ1n) is 9.25. The molecule has 0 saturated carbocycles. The number of rotatable bonds is 6. The van der Waals surface area contributed by atoms with Crippen LogP contribution < -0.4 is 10.0 Å². The number of aryl methyl sites for hydroxylation is 2. The number of hydrogen-bond acceptors (Lipinski definition) is 4. The SMILES string of the molecule is CCN(C)C/C=C/S(=O)(=O)NC(=O)Nc1c2c(cc3c1CCC3)CCC2. The molecule has 0 heterocycles. The Morgan fingerprint density at radius 1 is 1.15 bits per heavy atom. The van der Waals surface area contributed by atoms with Crippen LogP contribution in [0.5, 0.6) is 0 Å². The van der Waals surface area contributed by atoms with E-state index < -0.39 is 16.1 Å². The summed E-state index contributed by atoms with van der Waals surface area (Å²) in [6.07, 6.45) is 7.65. The molecule has 7 heteroatoms. The minimum Gasteiger partial charge on any atom is -0.307 e. The molecule has 2 aliphatic carbocycles. The highest BCUT2D eigenvalue weighted by atomic mass is 32.2. The van der Waals surface area contributed by atoms with Crippen molar-refractivity contribution in [2.24, 2.45) is 0 Å². The minimum atomic E-state index is -3.80. The molecule has 0 radical (unpaired) electrons. The van der Waals surface area contributed by atoms with E-state index in [2.05, 4.69) is 16.1 Å². The summed E-state index contributed by atoms with van der Waals surface area (Å²) in [4.78, 5) is 14.3. The Morgan fingerprint density at radius 3 is 2.35 bits per heavy atom. The normalized spacial score (nSPS) is 16.1. The Kier molecular flexibility index (Phi) is 5.67. The van der Waals surface area contributed by atoms with E-state index in [-0.39, 0.29) is 0 Å². The molecule has 0 fully saturated rings. The molecule has 1 aromatic carbocycles. The van der Waals surface area contributed by atoms with Gasteiger partial charge in [0, 0.05) is 17.6 Å². The van der Waals surface area contributed by atoms with Crippen LogP contribution in [-0.4, -0.2) is 39.5 Å². The number of urea groups is 1. The minimum absolute atomic E-state index is 0.513. The second kappa shape index (κ2) is 7.80. The molecule has 1 aromatic rings. The fourth-order valence-electron chi connectivity index (χ4n) is 3.75. The van der Waals surface area contributed by atoms with Gasteiger partial charge in [-0.3, -0.25) is 0 Å². The van der Waals surface area contributed by atoms with Crippen molar-refractivity contribution >= 4 is 21.7 Å². The Balaban J connectivity index is 1.71. The number of carbonyl (C=O) groups is 1. The van der Waals surface area contributed by atoms with Crippen molar-refractivity contribution in [1.29, 1.82) is 0 Å². The third kappa shape index (κ3) is 4.27. The standard InChI is InChI=1S/C19H27N3O3S/c1-3-22(2)11-6-12-26(24,25)21-19(23)20-18-16-9-4-7-14(16)13-15-8-5-10-17(15)18/h6,12-13H,3-5,7-11H2,1-2H3,(H2,20,21,23)/b12-6+. The van der Waals surface area contributed by atoms with Crippen molar-refractivity contribution in [1.82, 2.24) is 9.62 Å². The average Bonchev–Trinajstić information content (AvgIpc) is 3.22. The Hall–Kier alpha value is -1.86. The van der Waals surface area contributed by atoms with Crippen LogP contribution in [0, 0.1) is 0 Å². The van der Waals surface area contributed by atoms with Crippen LogP contribution in [0.15, 0.2) is 17.6 Å². The number of amides is 2. The van der Waals surface area contributed by atoms with E-state index in [1.807, 2.05) is 18.9 Å². The number of carbonyl (C=O) groups excluding carboxylic acids is 1. The first kappa shape index (κ1) is 18.9. The third-order valence-corrected chi connectivity index (χ3v) is 6.20. The Labute approximate surface area is 155 Å². The second-order valence-corrected chi connectivity index (χ2v) is 8.63. The van der Waals surface area contributed by atoms with E-state index in [1.165, 1.54) is 28.3 Å². The van der Waals surface area contributed by atoms with E-state index in [1.54, 1.807) is 0 Å². The molecular weight excluding hydrogens is 350 g/mol. The molecule has 2 N–H and O–H groups in total. The number of benzene rings is 1. The molecule has 0 atom stereocenters. The molecule has 2 amide bonds. The van der Waals surface area contributed by atoms with Crippen molar-refractivity contribution in [3.8, 4) is 0 Å². The lowest BCUT2D eigenvalue weighted by molar-refractivity contribution is 0.256. The smallest absolute Gasteiger partial charge is 0.307 e. The summed E-state index contributed by atoms with van der Waals surface area (Å²) in [6, 6.07) is 1.59. The van der Waals surface area contributed by atoms with Gasteiger partial charge < -0.3 is 10.2 Å². The van der Waals surface area contributed by atoms with Gasteiger partial charge in [-0.15, -0.1) is 0 Å². The van der Waals surface area contributed by atoms with E-state index in [9.17, 15) is 13.2 Å². The second-order valence-electron chi connectivity index (χ2n) is 7.06. The highest BCUT2D eigenvalue weighted by Gasteiger charge is 2.25. The molecule has 3 rings (SSSR count). The molecule has 0 unspecified atom stereocenters. The number of nitrogens with one attached hydrogen (secondary N) is 2. The first-order chi connectivity index (χ1) is 12.4. The monoisotopic (exact) mass is 377 g/mol.